The van der Waals surface area contributed by atoms with E-state index < -0.39 is 11.7 Å². The summed E-state index contributed by atoms with van der Waals surface area (Å²) in [6.07, 6.45) is 4.21. The number of nitrogens with one attached hydrogen (secondary N) is 1. The molecule has 1 amide bonds. The summed E-state index contributed by atoms with van der Waals surface area (Å²) in [4.78, 5) is 23.7. The molecule has 0 radical (unpaired) electrons. The average Bonchev–Trinajstić information content (AvgIpc) is 3.17. The van der Waals surface area contributed by atoms with Crippen molar-refractivity contribution in [2.75, 3.05) is 11.4 Å². The number of carbonyl (C=O) groups excluding carboxylic acids is 1. The number of nitrogens with zero attached hydrogens (tertiary/aromatic N) is 3. The molecular weight excluding hydrogens is 405 g/mol. The highest BCUT2D eigenvalue weighted by atomic mass is 19.4. The summed E-state index contributed by atoms with van der Waals surface area (Å²) in [5.74, 6) is 6.52. The zero-order valence-corrected chi connectivity index (χ0v) is 16.9. The molecular formula is C23H23F3N4O. The third-order valence-corrected chi connectivity index (χ3v) is 5.97. The molecule has 0 bridgehead atoms. The number of carbonyl (C=O) groups is 1. The van der Waals surface area contributed by atoms with Crippen molar-refractivity contribution in [1.82, 2.24) is 15.3 Å². The maximum atomic E-state index is 12.9. The Hall–Kier alpha value is -3.08. The average molecular weight is 428 g/mol. The van der Waals surface area contributed by atoms with E-state index in [9.17, 15) is 18.0 Å². The van der Waals surface area contributed by atoms with E-state index in [-0.39, 0.29) is 24.5 Å². The van der Waals surface area contributed by atoms with Crippen LogP contribution in [0.5, 0.6) is 0 Å². The molecule has 162 valence electrons. The molecule has 1 aromatic carbocycles. The van der Waals surface area contributed by atoms with E-state index >= 15 is 0 Å². The molecule has 1 aromatic heterocycles. The quantitative estimate of drug-likeness (QED) is 0.756. The van der Waals surface area contributed by atoms with Gasteiger partial charge in [0.05, 0.1) is 12.1 Å². The van der Waals surface area contributed by atoms with Gasteiger partial charge in [0.25, 0.3) is 0 Å². The lowest BCUT2D eigenvalue weighted by Gasteiger charge is -2.33. The number of benzene rings is 1. The number of hydrogen-bond acceptors (Lipinski definition) is 4. The molecule has 2 heterocycles. The summed E-state index contributed by atoms with van der Waals surface area (Å²) in [6, 6.07) is 6.33. The number of fused-ring (bicyclic) bond motifs is 1. The third-order valence-electron chi connectivity index (χ3n) is 5.97. The van der Waals surface area contributed by atoms with Gasteiger partial charge in [0.1, 0.15) is 6.04 Å². The lowest BCUT2D eigenvalue weighted by molar-refractivity contribution is -0.137. The second-order valence-electron chi connectivity index (χ2n) is 7.91. The second-order valence-corrected chi connectivity index (χ2v) is 7.91. The number of hydrogen-bond donors (Lipinski definition) is 1. The van der Waals surface area contributed by atoms with Crippen LogP contribution >= 0.6 is 0 Å². The van der Waals surface area contributed by atoms with Crippen LogP contribution in [-0.4, -0.2) is 34.5 Å². The Morgan fingerprint density at radius 3 is 2.55 bits per heavy atom. The van der Waals surface area contributed by atoms with Crippen molar-refractivity contribution in [3.05, 3.63) is 53.9 Å². The van der Waals surface area contributed by atoms with Crippen molar-refractivity contribution in [1.29, 1.82) is 0 Å². The van der Waals surface area contributed by atoms with Gasteiger partial charge in [-0.05, 0) is 55.5 Å². The lowest BCUT2D eigenvalue weighted by atomic mass is 9.85. The molecule has 1 saturated heterocycles. The van der Waals surface area contributed by atoms with E-state index in [0.717, 1.165) is 37.8 Å². The predicted octanol–water partition coefficient (Wildman–Crippen LogP) is 3.80. The van der Waals surface area contributed by atoms with Crippen molar-refractivity contribution >= 4 is 11.9 Å². The van der Waals surface area contributed by atoms with Crippen LogP contribution < -0.4 is 10.2 Å². The molecule has 1 N–H and O–H groups in total. The number of aromatic nitrogens is 2. The maximum absolute atomic E-state index is 12.9. The van der Waals surface area contributed by atoms with Crippen LogP contribution in [0.3, 0.4) is 0 Å². The van der Waals surface area contributed by atoms with Gasteiger partial charge in [-0.3, -0.25) is 4.79 Å². The van der Waals surface area contributed by atoms with Crippen molar-refractivity contribution in [3.8, 4) is 11.8 Å². The van der Waals surface area contributed by atoms with Gasteiger partial charge in [-0.25, -0.2) is 9.97 Å². The fraction of sp³-hybridized carbons (Fsp3) is 0.435. The number of rotatable bonds is 3. The van der Waals surface area contributed by atoms with Gasteiger partial charge in [0.2, 0.25) is 11.9 Å². The fourth-order valence-corrected chi connectivity index (χ4v) is 4.54. The first-order valence-corrected chi connectivity index (χ1v) is 10.4. The Kier molecular flexibility index (Phi) is 6.12. The Morgan fingerprint density at radius 1 is 1.13 bits per heavy atom. The number of amides is 1. The van der Waals surface area contributed by atoms with Crippen LogP contribution in [0.4, 0.5) is 19.1 Å². The number of alkyl halides is 3. The van der Waals surface area contributed by atoms with Crippen molar-refractivity contribution < 1.29 is 18.0 Å². The van der Waals surface area contributed by atoms with Gasteiger partial charge in [-0.1, -0.05) is 24.7 Å². The first-order chi connectivity index (χ1) is 14.9. The lowest BCUT2D eigenvalue weighted by Crippen LogP contribution is -2.47. The summed E-state index contributed by atoms with van der Waals surface area (Å²) in [6.45, 7) is 0.120. The fourth-order valence-electron chi connectivity index (χ4n) is 4.54. The molecule has 0 unspecified atom stereocenters. The Balaban J connectivity index is 1.40. The highest BCUT2D eigenvalue weighted by Gasteiger charge is 2.46. The van der Waals surface area contributed by atoms with Crippen LogP contribution in [-0.2, 0) is 11.0 Å². The summed E-state index contributed by atoms with van der Waals surface area (Å²) in [5, 5.41) is 2.85. The zero-order chi connectivity index (χ0) is 21.8. The van der Waals surface area contributed by atoms with Gasteiger partial charge in [0.15, 0.2) is 0 Å². The normalized spacial score (nSPS) is 22.9. The highest BCUT2D eigenvalue weighted by molar-refractivity contribution is 5.85. The topological polar surface area (TPSA) is 58.1 Å². The second kappa shape index (κ2) is 8.96. The SMILES string of the molecule is O=C(NCC#Cc1ccc(C(F)(F)F)cc1)[C@@H]1C[C@@H]2CCCC[C@H]2N1c1ncccn1. The van der Waals surface area contributed by atoms with Crippen molar-refractivity contribution in [2.45, 2.75) is 50.4 Å². The monoisotopic (exact) mass is 428 g/mol. The first-order valence-electron chi connectivity index (χ1n) is 10.4. The molecule has 1 saturated carbocycles. The minimum Gasteiger partial charge on any atom is -0.343 e. The Bertz CT molecular complexity index is 966. The molecule has 3 atom stereocenters. The summed E-state index contributed by atoms with van der Waals surface area (Å²) in [5.41, 5.74) is -0.245. The molecule has 5 nitrogen and oxygen atoms in total. The van der Waals surface area contributed by atoms with Crippen LogP contribution in [0.2, 0.25) is 0 Å². The zero-order valence-electron chi connectivity index (χ0n) is 16.9. The highest BCUT2D eigenvalue weighted by Crippen LogP contribution is 2.41. The largest absolute Gasteiger partial charge is 0.416 e. The molecule has 4 rings (SSSR count). The molecule has 2 aliphatic rings. The molecule has 8 heteroatoms. The van der Waals surface area contributed by atoms with Crippen LogP contribution in [0.1, 0.15) is 43.2 Å². The summed E-state index contributed by atoms with van der Waals surface area (Å²) in [7, 11) is 0. The standard InChI is InChI=1S/C23H23F3N4O/c24-23(25,26)18-10-8-16(9-11-18)5-3-12-27-21(31)20-15-17-6-1-2-7-19(17)30(20)22-28-13-4-14-29-22/h4,8-11,13-14,17,19-20H,1-2,6-7,12,15H2,(H,27,31)/t17-,19+,20-/m0/s1. The minimum atomic E-state index is -4.37. The Labute approximate surface area is 179 Å². The first kappa shape index (κ1) is 21.2. The summed E-state index contributed by atoms with van der Waals surface area (Å²) >= 11 is 0. The van der Waals surface area contributed by atoms with Crippen LogP contribution in [0, 0.1) is 17.8 Å². The molecule has 2 aromatic rings. The van der Waals surface area contributed by atoms with Crippen molar-refractivity contribution in [3.63, 3.8) is 0 Å². The van der Waals surface area contributed by atoms with Crippen LogP contribution in [0.25, 0.3) is 0 Å². The maximum Gasteiger partial charge on any atom is 0.416 e. The molecule has 1 aliphatic carbocycles. The summed E-state index contributed by atoms with van der Waals surface area (Å²) < 4.78 is 37.9. The van der Waals surface area contributed by atoms with E-state index in [0.29, 0.717) is 17.4 Å². The van der Waals surface area contributed by atoms with E-state index in [1.165, 1.54) is 18.6 Å². The van der Waals surface area contributed by atoms with Crippen molar-refractivity contribution in [2.24, 2.45) is 5.92 Å². The van der Waals surface area contributed by atoms with Gasteiger partial charge in [0, 0.05) is 24.0 Å². The molecule has 31 heavy (non-hydrogen) atoms. The van der Waals surface area contributed by atoms with E-state index in [2.05, 4.69) is 32.0 Å². The smallest absolute Gasteiger partial charge is 0.343 e. The van der Waals surface area contributed by atoms with E-state index in [1.54, 1.807) is 18.5 Å². The van der Waals surface area contributed by atoms with E-state index in [1.807, 2.05) is 0 Å². The third kappa shape index (κ3) is 4.82. The number of anilines is 1. The van der Waals surface area contributed by atoms with Gasteiger partial charge >= 0.3 is 6.18 Å². The molecule has 2 fully saturated rings. The predicted molar refractivity (Wildman–Crippen MR) is 110 cm³/mol. The van der Waals surface area contributed by atoms with Gasteiger partial charge in [-0.2, -0.15) is 13.2 Å². The molecule has 1 aliphatic heterocycles. The minimum absolute atomic E-state index is 0.120. The van der Waals surface area contributed by atoms with Gasteiger partial charge < -0.3 is 10.2 Å². The van der Waals surface area contributed by atoms with E-state index in [4.69, 9.17) is 0 Å². The number of halogens is 3. The Morgan fingerprint density at radius 2 is 1.84 bits per heavy atom. The van der Waals surface area contributed by atoms with Crippen LogP contribution in [0.15, 0.2) is 42.7 Å². The van der Waals surface area contributed by atoms with Gasteiger partial charge in [-0.15, -0.1) is 0 Å². The molecule has 0 spiro atoms.